The number of carboxylic acids is 1. The third-order valence-electron chi connectivity index (χ3n) is 2.98. The number of hydrogen-bond donors (Lipinski definition) is 1. The molecular formula is C12H13BrO3S. The highest BCUT2D eigenvalue weighted by molar-refractivity contribution is 9.10. The molecule has 0 aromatic heterocycles. The molecule has 3 nitrogen and oxygen atoms in total. The van der Waals surface area contributed by atoms with Gasteiger partial charge in [-0.15, -0.1) is 11.8 Å². The maximum absolute atomic E-state index is 11.3. The van der Waals surface area contributed by atoms with Crippen LogP contribution < -0.4 is 4.74 Å². The molecule has 1 aromatic carbocycles. The average Bonchev–Trinajstić information content (AvgIpc) is 2.23. The van der Waals surface area contributed by atoms with E-state index in [1.54, 1.807) is 7.11 Å². The Morgan fingerprint density at radius 2 is 2.24 bits per heavy atom. The summed E-state index contributed by atoms with van der Waals surface area (Å²) in [4.78, 5) is 12.2. The number of rotatable bonds is 4. The smallest absolute Gasteiger partial charge is 0.320 e. The summed E-state index contributed by atoms with van der Waals surface area (Å²) < 4.78 is 5.53. The van der Waals surface area contributed by atoms with E-state index in [9.17, 15) is 9.90 Å². The van der Waals surface area contributed by atoms with E-state index in [2.05, 4.69) is 15.9 Å². The van der Waals surface area contributed by atoms with E-state index in [1.807, 2.05) is 18.2 Å². The molecule has 5 heteroatoms. The van der Waals surface area contributed by atoms with Crippen molar-refractivity contribution in [3.05, 3.63) is 22.7 Å². The zero-order valence-electron chi connectivity index (χ0n) is 9.40. The molecule has 92 valence electrons. The third-order valence-corrected chi connectivity index (χ3v) is 4.99. The third kappa shape index (κ3) is 2.45. The predicted molar refractivity (Wildman–Crippen MR) is 70.8 cm³/mol. The second kappa shape index (κ2) is 4.90. The van der Waals surface area contributed by atoms with Crippen molar-refractivity contribution in [2.24, 2.45) is 0 Å². The van der Waals surface area contributed by atoms with Gasteiger partial charge in [0.05, 0.1) is 12.0 Å². The highest BCUT2D eigenvalue weighted by atomic mass is 79.9. The van der Waals surface area contributed by atoms with Crippen LogP contribution in [0, 0.1) is 0 Å². The Morgan fingerprint density at radius 3 is 2.71 bits per heavy atom. The number of hydrogen-bond acceptors (Lipinski definition) is 3. The zero-order chi connectivity index (χ0) is 12.5. The van der Waals surface area contributed by atoms with Crippen molar-refractivity contribution >= 4 is 33.7 Å². The lowest BCUT2D eigenvalue weighted by molar-refractivity contribution is -0.142. The van der Waals surface area contributed by atoms with Crippen LogP contribution in [-0.4, -0.2) is 22.9 Å². The van der Waals surface area contributed by atoms with Gasteiger partial charge in [-0.2, -0.15) is 0 Å². The lowest BCUT2D eigenvalue weighted by Gasteiger charge is -2.37. The van der Waals surface area contributed by atoms with Crippen molar-refractivity contribution in [3.8, 4) is 5.75 Å². The number of benzene rings is 1. The van der Waals surface area contributed by atoms with Crippen LogP contribution in [0.3, 0.4) is 0 Å². The van der Waals surface area contributed by atoms with Crippen molar-refractivity contribution < 1.29 is 14.6 Å². The number of methoxy groups -OCH3 is 1. The molecule has 0 radical (unpaired) electrons. The average molecular weight is 317 g/mol. The molecule has 0 aliphatic heterocycles. The van der Waals surface area contributed by atoms with E-state index >= 15 is 0 Å². The van der Waals surface area contributed by atoms with Crippen LogP contribution in [0.1, 0.15) is 19.3 Å². The molecule has 17 heavy (non-hydrogen) atoms. The standard InChI is InChI=1S/C12H13BrO3S/c1-16-9-4-3-8(13)7-10(9)17-12(11(14)15)5-2-6-12/h3-4,7H,2,5-6H2,1H3,(H,14,15). The summed E-state index contributed by atoms with van der Waals surface area (Å²) in [5.41, 5.74) is 0. The number of thioether (sulfide) groups is 1. The molecule has 0 saturated heterocycles. The molecule has 2 rings (SSSR count). The summed E-state index contributed by atoms with van der Waals surface area (Å²) in [6.07, 6.45) is 2.43. The first-order valence-corrected chi connectivity index (χ1v) is 6.94. The molecule has 1 fully saturated rings. The molecule has 0 unspecified atom stereocenters. The normalized spacial score (nSPS) is 17.3. The minimum absolute atomic E-state index is 0.659. The Labute approximate surface area is 113 Å². The summed E-state index contributed by atoms with van der Waals surface area (Å²) in [6, 6.07) is 5.64. The highest BCUT2D eigenvalue weighted by Crippen LogP contribution is 2.50. The Kier molecular flexibility index (Phi) is 3.68. The molecule has 1 aliphatic carbocycles. The van der Waals surface area contributed by atoms with Crippen molar-refractivity contribution in [2.75, 3.05) is 7.11 Å². The van der Waals surface area contributed by atoms with Crippen molar-refractivity contribution in [2.45, 2.75) is 28.9 Å². The molecule has 1 aliphatic rings. The van der Waals surface area contributed by atoms with Gasteiger partial charge in [0.1, 0.15) is 10.5 Å². The fourth-order valence-corrected chi connectivity index (χ4v) is 3.75. The van der Waals surface area contributed by atoms with Crippen LogP contribution in [0.15, 0.2) is 27.6 Å². The van der Waals surface area contributed by atoms with Crippen LogP contribution >= 0.6 is 27.7 Å². The second-order valence-electron chi connectivity index (χ2n) is 4.05. The van der Waals surface area contributed by atoms with Gasteiger partial charge < -0.3 is 9.84 Å². The molecular weight excluding hydrogens is 304 g/mol. The Hall–Kier alpha value is -0.680. The number of halogens is 1. The summed E-state index contributed by atoms with van der Waals surface area (Å²) in [7, 11) is 1.60. The molecule has 1 N–H and O–H groups in total. The number of carboxylic acid groups (broad SMARTS) is 1. The van der Waals surface area contributed by atoms with E-state index < -0.39 is 10.7 Å². The van der Waals surface area contributed by atoms with E-state index in [0.29, 0.717) is 0 Å². The van der Waals surface area contributed by atoms with Gasteiger partial charge in [0.2, 0.25) is 0 Å². The molecule has 0 spiro atoms. The first-order chi connectivity index (χ1) is 8.07. The fraction of sp³-hybridized carbons (Fsp3) is 0.417. The molecule has 0 amide bonds. The van der Waals surface area contributed by atoms with E-state index in [-0.39, 0.29) is 0 Å². The van der Waals surface area contributed by atoms with Crippen LogP contribution in [0.4, 0.5) is 0 Å². The second-order valence-corrected chi connectivity index (χ2v) is 6.39. The van der Waals surface area contributed by atoms with Crippen molar-refractivity contribution in [1.29, 1.82) is 0 Å². The monoisotopic (exact) mass is 316 g/mol. The van der Waals surface area contributed by atoms with Crippen molar-refractivity contribution in [3.63, 3.8) is 0 Å². The van der Waals surface area contributed by atoms with Gasteiger partial charge in [-0.25, -0.2) is 0 Å². The lowest BCUT2D eigenvalue weighted by Crippen LogP contribution is -2.41. The maximum Gasteiger partial charge on any atom is 0.320 e. The van der Waals surface area contributed by atoms with Gasteiger partial charge in [-0.05, 0) is 37.5 Å². The largest absolute Gasteiger partial charge is 0.496 e. The summed E-state index contributed by atoms with van der Waals surface area (Å²) in [6.45, 7) is 0. The SMILES string of the molecule is COc1ccc(Br)cc1SC1(C(=O)O)CCC1. The van der Waals surface area contributed by atoms with Gasteiger partial charge in [0, 0.05) is 4.47 Å². The summed E-state index contributed by atoms with van der Waals surface area (Å²) >= 11 is 4.79. The summed E-state index contributed by atoms with van der Waals surface area (Å²) in [5, 5.41) is 9.30. The van der Waals surface area contributed by atoms with E-state index in [4.69, 9.17) is 4.74 Å². The Bertz CT molecular complexity index is 443. The molecule has 1 aromatic rings. The Balaban J connectivity index is 2.28. The van der Waals surface area contributed by atoms with Gasteiger partial charge in [0.25, 0.3) is 0 Å². The predicted octanol–water partition coefficient (Wildman–Crippen LogP) is 3.56. The van der Waals surface area contributed by atoms with Gasteiger partial charge in [0.15, 0.2) is 0 Å². The first kappa shape index (κ1) is 12.8. The van der Waals surface area contributed by atoms with Crippen LogP contribution in [0.2, 0.25) is 0 Å². The minimum atomic E-state index is -0.726. The van der Waals surface area contributed by atoms with Gasteiger partial charge in [-0.3, -0.25) is 4.79 Å². The van der Waals surface area contributed by atoms with Gasteiger partial charge in [-0.1, -0.05) is 15.9 Å². The lowest BCUT2D eigenvalue weighted by atomic mass is 9.84. The van der Waals surface area contributed by atoms with Crippen LogP contribution in [0.25, 0.3) is 0 Å². The number of aliphatic carboxylic acids is 1. The topological polar surface area (TPSA) is 46.5 Å². The summed E-state index contributed by atoms with van der Waals surface area (Å²) in [5.74, 6) is 0.00139. The van der Waals surface area contributed by atoms with Crippen LogP contribution in [-0.2, 0) is 4.79 Å². The zero-order valence-corrected chi connectivity index (χ0v) is 11.8. The fourth-order valence-electron chi connectivity index (χ4n) is 1.80. The van der Waals surface area contributed by atoms with E-state index in [0.717, 1.165) is 34.4 Å². The molecule has 0 bridgehead atoms. The highest BCUT2D eigenvalue weighted by Gasteiger charge is 2.45. The Morgan fingerprint density at radius 1 is 1.53 bits per heavy atom. The molecule has 0 heterocycles. The van der Waals surface area contributed by atoms with Crippen LogP contribution in [0.5, 0.6) is 5.75 Å². The maximum atomic E-state index is 11.3. The van der Waals surface area contributed by atoms with Crippen molar-refractivity contribution in [1.82, 2.24) is 0 Å². The molecule has 0 atom stereocenters. The van der Waals surface area contributed by atoms with E-state index in [1.165, 1.54) is 11.8 Å². The first-order valence-electron chi connectivity index (χ1n) is 5.33. The van der Waals surface area contributed by atoms with Gasteiger partial charge >= 0.3 is 5.97 Å². The number of carbonyl (C=O) groups is 1. The minimum Gasteiger partial charge on any atom is -0.496 e. The molecule has 1 saturated carbocycles. The quantitative estimate of drug-likeness (QED) is 0.922. The number of ether oxygens (including phenoxy) is 1.